The fourth-order valence-corrected chi connectivity index (χ4v) is 2.54. The topological polar surface area (TPSA) is 66.9 Å². The maximum atomic E-state index is 11.9. The van der Waals surface area contributed by atoms with Crippen molar-refractivity contribution in [3.05, 3.63) is 18.1 Å². The van der Waals surface area contributed by atoms with Crippen LogP contribution in [0.25, 0.3) is 0 Å². The van der Waals surface area contributed by atoms with Gasteiger partial charge in [0.2, 0.25) is 0 Å². The van der Waals surface area contributed by atoms with E-state index < -0.39 is 0 Å². The van der Waals surface area contributed by atoms with Crippen molar-refractivity contribution in [2.24, 2.45) is 5.92 Å². The Morgan fingerprint density at radius 2 is 2.00 bits per heavy atom. The highest BCUT2D eigenvalue weighted by Gasteiger charge is 2.14. The predicted octanol–water partition coefficient (Wildman–Crippen LogP) is 3.00. The van der Waals surface area contributed by atoms with Gasteiger partial charge in [0, 0.05) is 12.6 Å². The van der Waals surface area contributed by atoms with Crippen molar-refractivity contribution in [1.82, 2.24) is 15.3 Å². The van der Waals surface area contributed by atoms with Gasteiger partial charge in [-0.3, -0.25) is 4.79 Å². The van der Waals surface area contributed by atoms with Gasteiger partial charge in [-0.05, 0) is 25.2 Å². The first-order chi connectivity index (χ1) is 10.1. The third kappa shape index (κ3) is 5.33. The van der Waals surface area contributed by atoms with Crippen LogP contribution in [0.15, 0.2) is 12.4 Å². The molecule has 1 fully saturated rings. The van der Waals surface area contributed by atoms with Crippen molar-refractivity contribution in [2.45, 2.75) is 58.4 Å². The zero-order valence-electron chi connectivity index (χ0n) is 13.1. The molecule has 0 atom stereocenters. The van der Waals surface area contributed by atoms with E-state index in [4.69, 9.17) is 0 Å². The number of amides is 1. The summed E-state index contributed by atoms with van der Waals surface area (Å²) in [6, 6.07) is 0.499. The summed E-state index contributed by atoms with van der Waals surface area (Å²) in [5.74, 6) is 1.20. The first kappa shape index (κ1) is 15.7. The minimum absolute atomic E-state index is 0.146. The van der Waals surface area contributed by atoms with Crippen LogP contribution in [-0.2, 0) is 0 Å². The molecule has 0 bridgehead atoms. The Kier molecular flexibility index (Phi) is 5.96. The summed E-state index contributed by atoms with van der Waals surface area (Å²) < 4.78 is 0. The molecule has 21 heavy (non-hydrogen) atoms. The maximum absolute atomic E-state index is 11.9. The molecule has 1 aromatic rings. The first-order valence-electron chi connectivity index (χ1n) is 8.02. The molecule has 1 aromatic heterocycles. The third-order valence-electron chi connectivity index (χ3n) is 3.85. The molecule has 2 N–H and O–H groups in total. The number of aromatic nitrogens is 2. The van der Waals surface area contributed by atoms with Gasteiger partial charge in [0.1, 0.15) is 11.5 Å². The number of hydrogen-bond donors (Lipinski definition) is 2. The molecular weight excluding hydrogens is 264 g/mol. The number of carbonyl (C=O) groups excluding carboxylic acids is 1. The van der Waals surface area contributed by atoms with Crippen molar-refractivity contribution >= 4 is 11.7 Å². The molecular formula is C16H26N4O. The largest absolute Gasteiger partial charge is 0.366 e. The van der Waals surface area contributed by atoms with Crippen LogP contribution in [-0.4, -0.2) is 28.5 Å². The van der Waals surface area contributed by atoms with Crippen molar-refractivity contribution in [2.75, 3.05) is 11.9 Å². The van der Waals surface area contributed by atoms with Gasteiger partial charge in [-0.15, -0.1) is 0 Å². The Morgan fingerprint density at radius 3 is 2.62 bits per heavy atom. The summed E-state index contributed by atoms with van der Waals surface area (Å²) in [6.45, 7) is 4.95. The number of nitrogens with one attached hydrogen (secondary N) is 2. The van der Waals surface area contributed by atoms with E-state index >= 15 is 0 Å². The summed E-state index contributed by atoms with van der Waals surface area (Å²) in [5, 5.41) is 6.27. The Bertz CT molecular complexity index is 438. The van der Waals surface area contributed by atoms with E-state index in [0.717, 1.165) is 12.2 Å². The number of hydrogen-bond acceptors (Lipinski definition) is 4. The highest BCUT2D eigenvalue weighted by Crippen LogP contribution is 2.20. The maximum Gasteiger partial charge on any atom is 0.271 e. The zero-order valence-corrected chi connectivity index (χ0v) is 13.1. The molecule has 0 aliphatic heterocycles. The molecule has 0 radical (unpaired) electrons. The number of anilines is 1. The van der Waals surface area contributed by atoms with Gasteiger partial charge >= 0.3 is 0 Å². The van der Waals surface area contributed by atoms with Gasteiger partial charge in [-0.25, -0.2) is 9.97 Å². The van der Waals surface area contributed by atoms with Crippen LogP contribution in [0, 0.1) is 5.92 Å². The molecule has 0 spiro atoms. The monoisotopic (exact) mass is 290 g/mol. The Morgan fingerprint density at radius 1 is 1.24 bits per heavy atom. The van der Waals surface area contributed by atoms with Crippen LogP contribution in [0.1, 0.15) is 62.9 Å². The molecule has 0 unspecified atom stereocenters. The lowest BCUT2D eigenvalue weighted by atomic mass is 9.96. The highest BCUT2D eigenvalue weighted by atomic mass is 16.1. The molecule has 1 amide bonds. The Hall–Kier alpha value is -1.65. The molecule has 5 nitrogen and oxygen atoms in total. The van der Waals surface area contributed by atoms with Crippen LogP contribution in [0.5, 0.6) is 0 Å². The SMILES string of the molecule is CC(C)CCNC(=O)c1cnc(NC2CCCCC2)cn1. The fraction of sp³-hybridized carbons (Fsp3) is 0.688. The molecule has 1 aliphatic rings. The highest BCUT2D eigenvalue weighted by molar-refractivity contribution is 5.91. The van der Waals surface area contributed by atoms with Crippen LogP contribution >= 0.6 is 0 Å². The predicted molar refractivity (Wildman–Crippen MR) is 84.3 cm³/mol. The Labute approximate surface area is 127 Å². The lowest BCUT2D eigenvalue weighted by molar-refractivity contribution is 0.0946. The van der Waals surface area contributed by atoms with E-state index in [1.54, 1.807) is 12.4 Å². The second-order valence-electron chi connectivity index (χ2n) is 6.20. The zero-order chi connectivity index (χ0) is 15.1. The van der Waals surface area contributed by atoms with Crippen LogP contribution < -0.4 is 10.6 Å². The smallest absolute Gasteiger partial charge is 0.271 e. The van der Waals surface area contributed by atoms with Crippen molar-refractivity contribution < 1.29 is 4.79 Å². The van der Waals surface area contributed by atoms with Crippen LogP contribution in [0.4, 0.5) is 5.82 Å². The van der Waals surface area contributed by atoms with Gasteiger partial charge < -0.3 is 10.6 Å². The molecule has 0 aromatic carbocycles. The van der Waals surface area contributed by atoms with Gasteiger partial charge in [0.15, 0.2) is 0 Å². The molecule has 116 valence electrons. The lowest BCUT2D eigenvalue weighted by Crippen LogP contribution is -2.27. The number of rotatable bonds is 6. The fourth-order valence-electron chi connectivity index (χ4n) is 2.54. The molecule has 1 heterocycles. The average Bonchev–Trinajstić information content (AvgIpc) is 2.48. The molecule has 2 rings (SSSR count). The van der Waals surface area contributed by atoms with E-state index in [1.807, 2.05) is 0 Å². The average molecular weight is 290 g/mol. The quantitative estimate of drug-likeness (QED) is 0.845. The normalized spacial score (nSPS) is 16.0. The third-order valence-corrected chi connectivity index (χ3v) is 3.85. The van der Waals surface area contributed by atoms with Crippen molar-refractivity contribution in [3.8, 4) is 0 Å². The van der Waals surface area contributed by atoms with Crippen LogP contribution in [0.2, 0.25) is 0 Å². The van der Waals surface area contributed by atoms with Crippen molar-refractivity contribution in [1.29, 1.82) is 0 Å². The summed E-state index contributed by atoms with van der Waals surface area (Å²) in [6.07, 6.45) is 10.5. The summed E-state index contributed by atoms with van der Waals surface area (Å²) in [7, 11) is 0. The van der Waals surface area contributed by atoms with E-state index in [1.165, 1.54) is 32.1 Å². The van der Waals surface area contributed by atoms with Crippen LogP contribution in [0.3, 0.4) is 0 Å². The number of carbonyl (C=O) groups is 1. The van der Waals surface area contributed by atoms with E-state index in [-0.39, 0.29) is 5.91 Å². The molecule has 1 aliphatic carbocycles. The van der Waals surface area contributed by atoms with E-state index in [2.05, 4.69) is 34.4 Å². The molecule has 5 heteroatoms. The standard InChI is InChI=1S/C16H26N4O/c1-12(2)8-9-17-16(21)14-10-19-15(11-18-14)20-13-6-4-3-5-7-13/h10-13H,3-9H2,1-2H3,(H,17,21)(H,19,20). The first-order valence-corrected chi connectivity index (χ1v) is 8.02. The molecule has 1 saturated carbocycles. The van der Waals surface area contributed by atoms with Gasteiger partial charge in [-0.2, -0.15) is 0 Å². The Balaban J connectivity index is 1.81. The van der Waals surface area contributed by atoms with Crippen molar-refractivity contribution in [3.63, 3.8) is 0 Å². The lowest BCUT2D eigenvalue weighted by Gasteiger charge is -2.23. The summed E-state index contributed by atoms with van der Waals surface area (Å²) >= 11 is 0. The number of nitrogens with zero attached hydrogens (tertiary/aromatic N) is 2. The minimum Gasteiger partial charge on any atom is -0.366 e. The second-order valence-corrected chi connectivity index (χ2v) is 6.20. The van der Waals surface area contributed by atoms with Gasteiger partial charge in [0.05, 0.1) is 12.4 Å². The molecule has 0 saturated heterocycles. The second kappa shape index (κ2) is 7.96. The van der Waals surface area contributed by atoms with Gasteiger partial charge in [-0.1, -0.05) is 33.1 Å². The van der Waals surface area contributed by atoms with E-state index in [0.29, 0.717) is 24.2 Å². The summed E-state index contributed by atoms with van der Waals surface area (Å²) in [4.78, 5) is 20.4. The van der Waals surface area contributed by atoms with Gasteiger partial charge in [0.25, 0.3) is 5.91 Å². The van der Waals surface area contributed by atoms with E-state index in [9.17, 15) is 4.79 Å². The summed E-state index contributed by atoms with van der Waals surface area (Å²) in [5.41, 5.74) is 0.382. The minimum atomic E-state index is -0.146.